The van der Waals surface area contributed by atoms with Gasteiger partial charge in [0.1, 0.15) is 22.7 Å². The highest BCUT2D eigenvalue weighted by Gasteiger charge is 2.26. The Morgan fingerprint density at radius 2 is 1.86 bits per heavy atom. The summed E-state index contributed by atoms with van der Waals surface area (Å²) >= 11 is 12.0. The summed E-state index contributed by atoms with van der Waals surface area (Å²) in [5, 5.41) is 0.817. The van der Waals surface area contributed by atoms with Crippen LogP contribution < -0.4 is 10.5 Å². The summed E-state index contributed by atoms with van der Waals surface area (Å²) in [6.07, 6.45) is 7.44. The van der Waals surface area contributed by atoms with Gasteiger partial charge in [0.2, 0.25) is 0 Å². The quantitative estimate of drug-likeness (QED) is 0.319. The van der Waals surface area contributed by atoms with E-state index < -0.39 is 10.0 Å². The fourth-order valence-corrected chi connectivity index (χ4v) is 6.35. The Balaban J connectivity index is 1.51. The standard InChI is InChI=1S/C24H21Cl2N5O3S/c25-15-8-9-20(19(26)11-15)35(33,34)30-16-5-3-4-14(10-16)22(32)18-12-31(17-6-1-2-7-17)24-21(18)23(27)28-13-29-24/h3-5,8-13,17,30H,1-2,6-7H2,(H2,27,28,29). The summed E-state index contributed by atoms with van der Waals surface area (Å²) in [6.45, 7) is 0. The van der Waals surface area contributed by atoms with Gasteiger partial charge in [-0.25, -0.2) is 18.4 Å². The van der Waals surface area contributed by atoms with Crippen molar-refractivity contribution in [3.8, 4) is 0 Å². The monoisotopic (exact) mass is 529 g/mol. The SMILES string of the molecule is Nc1ncnc2c1c(C(=O)c1cccc(NS(=O)(=O)c3ccc(Cl)cc3Cl)c1)cn2C1CCCC1. The molecule has 8 nitrogen and oxygen atoms in total. The van der Waals surface area contributed by atoms with Crippen LogP contribution in [0.4, 0.5) is 11.5 Å². The minimum Gasteiger partial charge on any atom is -0.383 e. The second-order valence-electron chi connectivity index (χ2n) is 8.44. The fourth-order valence-electron chi connectivity index (χ4n) is 4.52. The van der Waals surface area contributed by atoms with E-state index in [0.29, 0.717) is 27.2 Å². The van der Waals surface area contributed by atoms with E-state index >= 15 is 0 Å². The molecule has 4 aromatic rings. The molecule has 2 aromatic carbocycles. The van der Waals surface area contributed by atoms with Crippen LogP contribution in [0.1, 0.15) is 47.6 Å². The Labute approximate surface area is 212 Å². The molecule has 0 saturated heterocycles. The second-order valence-corrected chi connectivity index (χ2v) is 10.9. The maximum atomic E-state index is 13.6. The zero-order valence-corrected chi connectivity index (χ0v) is 20.7. The number of anilines is 2. The first-order chi connectivity index (χ1) is 16.7. The summed E-state index contributed by atoms with van der Waals surface area (Å²) in [5.41, 5.74) is 7.67. The van der Waals surface area contributed by atoms with E-state index in [9.17, 15) is 13.2 Å². The Bertz CT molecular complexity index is 1560. The number of carbonyl (C=O) groups is 1. The minimum atomic E-state index is -4.01. The van der Waals surface area contributed by atoms with Crippen LogP contribution in [0.25, 0.3) is 11.0 Å². The number of nitrogens with zero attached hydrogens (tertiary/aromatic N) is 3. The summed E-state index contributed by atoms with van der Waals surface area (Å²) in [7, 11) is -4.01. The van der Waals surface area contributed by atoms with Crippen molar-refractivity contribution >= 4 is 61.5 Å². The number of nitrogens with two attached hydrogens (primary N) is 1. The first-order valence-corrected chi connectivity index (χ1v) is 13.2. The third kappa shape index (κ3) is 4.47. The molecule has 1 saturated carbocycles. The first kappa shape index (κ1) is 23.6. The number of hydrogen-bond donors (Lipinski definition) is 2. The van der Waals surface area contributed by atoms with Gasteiger partial charge in [0.15, 0.2) is 5.78 Å². The molecule has 0 bridgehead atoms. The van der Waals surface area contributed by atoms with Crippen molar-refractivity contribution in [2.24, 2.45) is 0 Å². The van der Waals surface area contributed by atoms with Crippen LogP contribution in [0.15, 0.2) is 59.9 Å². The zero-order valence-electron chi connectivity index (χ0n) is 18.4. The van der Waals surface area contributed by atoms with Crippen LogP contribution in [0, 0.1) is 0 Å². The lowest BCUT2D eigenvalue weighted by molar-refractivity contribution is 0.104. The second kappa shape index (κ2) is 9.14. The van der Waals surface area contributed by atoms with Crippen molar-refractivity contribution in [3.63, 3.8) is 0 Å². The number of fused-ring (bicyclic) bond motifs is 1. The number of ketones is 1. The van der Waals surface area contributed by atoms with Crippen molar-refractivity contribution < 1.29 is 13.2 Å². The van der Waals surface area contributed by atoms with Gasteiger partial charge in [-0.3, -0.25) is 9.52 Å². The van der Waals surface area contributed by atoms with E-state index in [1.54, 1.807) is 24.4 Å². The topological polar surface area (TPSA) is 120 Å². The van der Waals surface area contributed by atoms with E-state index in [2.05, 4.69) is 14.7 Å². The predicted molar refractivity (Wildman–Crippen MR) is 137 cm³/mol. The number of rotatable bonds is 6. The Morgan fingerprint density at radius 1 is 1.09 bits per heavy atom. The molecule has 0 unspecified atom stereocenters. The predicted octanol–water partition coefficient (Wildman–Crippen LogP) is 5.47. The van der Waals surface area contributed by atoms with Gasteiger partial charge in [-0.15, -0.1) is 0 Å². The normalized spacial score (nSPS) is 14.5. The summed E-state index contributed by atoms with van der Waals surface area (Å²) < 4.78 is 30.3. The van der Waals surface area contributed by atoms with Gasteiger partial charge in [0, 0.05) is 28.5 Å². The maximum absolute atomic E-state index is 13.6. The van der Waals surface area contributed by atoms with E-state index in [-0.39, 0.29) is 33.2 Å². The molecule has 0 aliphatic heterocycles. The molecule has 0 atom stereocenters. The number of aromatic nitrogens is 3. The first-order valence-electron chi connectivity index (χ1n) is 11.0. The lowest BCUT2D eigenvalue weighted by Gasteiger charge is -2.12. The summed E-state index contributed by atoms with van der Waals surface area (Å²) in [6, 6.07) is 10.6. The van der Waals surface area contributed by atoms with Crippen LogP contribution in [-0.2, 0) is 10.0 Å². The minimum absolute atomic E-state index is 0.00701. The third-order valence-electron chi connectivity index (χ3n) is 6.16. The molecular weight excluding hydrogens is 509 g/mol. The molecule has 3 N–H and O–H groups in total. The molecule has 1 fully saturated rings. The molecule has 5 rings (SSSR count). The highest BCUT2D eigenvalue weighted by Crippen LogP contribution is 2.36. The molecule has 1 aliphatic carbocycles. The lowest BCUT2D eigenvalue weighted by Crippen LogP contribution is -2.14. The number of halogens is 2. The van der Waals surface area contributed by atoms with E-state index in [0.717, 1.165) is 25.7 Å². The smallest absolute Gasteiger partial charge is 0.263 e. The van der Waals surface area contributed by atoms with Crippen molar-refractivity contribution in [2.75, 3.05) is 10.5 Å². The number of carbonyl (C=O) groups excluding carboxylic acids is 1. The van der Waals surface area contributed by atoms with Gasteiger partial charge in [-0.05, 0) is 43.2 Å². The highest BCUT2D eigenvalue weighted by atomic mass is 35.5. The highest BCUT2D eigenvalue weighted by molar-refractivity contribution is 7.92. The van der Waals surface area contributed by atoms with Gasteiger partial charge in [-0.1, -0.05) is 48.2 Å². The fraction of sp³-hybridized carbons (Fsp3) is 0.208. The van der Waals surface area contributed by atoms with Crippen LogP contribution in [0.2, 0.25) is 10.0 Å². The van der Waals surface area contributed by atoms with Crippen molar-refractivity contribution in [1.29, 1.82) is 0 Å². The molecule has 2 aromatic heterocycles. The molecular formula is C24H21Cl2N5O3S. The molecule has 11 heteroatoms. The number of hydrogen-bond acceptors (Lipinski definition) is 6. The molecule has 2 heterocycles. The van der Waals surface area contributed by atoms with Crippen molar-refractivity contribution in [1.82, 2.24) is 14.5 Å². The van der Waals surface area contributed by atoms with Crippen LogP contribution >= 0.6 is 23.2 Å². The number of nitrogen functional groups attached to an aromatic ring is 1. The van der Waals surface area contributed by atoms with Gasteiger partial charge in [0.05, 0.1) is 16.0 Å². The average molecular weight is 530 g/mol. The van der Waals surface area contributed by atoms with Crippen molar-refractivity contribution in [2.45, 2.75) is 36.6 Å². The van der Waals surface area contributed by atoms with Gasteiger partial charge >= 0.3 is 0 Å². The van der Waals surface area contributed by atoms with E-state index in [4.69, 9.17) is 28.9 Å². The molecule has 0 spiro atoms. The summed E-state index contributed by atoms with van der Waals surface area (Å²) in [4.78, 5) is 22.0. The number of nitrogens with one attached hydrogen (secondary N) is 1. The zero-order chi connectivity index (χ0) is 24.7. The lowest BCUT2D eigenvalue weighted by atomic mass is 10.0. The van der Waals surface area contributed by atoms with Crippen LogP contribution in [0.5, 0.6) is 0 Å². The number of benzene rings is 2. The van der Waals surface area contributed by atoms with Gasteiger partial charge in [-0.2, -0.15) is 0 Å². The van der Waals surface area contributed by atoms with E-state index in [1.165, 1.54) is 30.6 Å². The largest absolute Gasteiger partial charge is 0.383 e. The molecule has 35 heavy (non-hydrogen) atoms. The Morgan fingerprint density at radius 3 is 2.60 bits per heavy atom. The molecule has 0 amide bonds. The Kier molecular flexibility index (Phi) is 6.16. The van der Waals surface area contributed by atoms with Crippen LogP contribution in [-0.4, -0.2) is 28.7 Å². The van der Waals surface area contributed by atoms with Gasteiger partial charge in [0.25, 0.3) is 10.0 Å². The average Bonchev–Trinajstić information content (AvgIpc) is 3.47. The number of sulfonamides is 1. The molecule has 1 aliphatic rings. The van der Waals surface area contributed by atoms with Crippen LogP contribution in [0.3, 0.4) is 0 Å². The van der Waals surface area contributed by atoms with Crippen molar-refractivity contribution in [3.05, 3.63) is 76.2 Å². The van der Waals surface area contributed by atoms with Gasteiger partial charge < -0.3 is 10.3 Å². The van der Waals surface area contributed by atoms with E-state index in [1.807, 2.05) is 4.57 Å². The molecule has 180 valence electrons. The maximum Gasteiger partial charge on any atom is 0.263 e. The molecule has 0 radical (unpaired) electrons. The summed E-state index contributed by atoms with van der Waals surface area (Å²) in [5.74, 6) is -0.0804. The Hall–Kier alpha value is -3.14. The third-order valence-corrected chi connectivity index (χ3v) is 8.26.